The third kappa shape index (κ3) is 3.58. The van der Waals surface area contributed by atoms with Crippen LogP contribution in [0.3, 0.4) is 0 Å². The third-order valence-electron chi connectivity index (χ3n) is 3.83. The van der Waals surface area contributed by atoms with Gasteiger partial charge in [0.1, 0.15) is 12.1 Å². The summed E-state index contributed by atoms with van der Waals surface area (Å²) in [6.07, 6.45) is 3.99. The van der Waals surface area contributed by atoms with Crippen LogP contribution in [0.15, 0.2) is 18.2 Å². The number of nitro groups is 1. The molecule has 0 radical (unpaired) electrons. The maximum Gasteiger partial charge on any atom is 0.282 e. The molecule has 3 amide bonds. The van der Waals surface area contributed by atoms with Crippen molar-refractivity contribution in [2.24, 2.45) is 0 Å². The lowest BCUT2D eigenvalue weighted by Crippen LogP contribution is -2.40. The maximum absolute atomic E-state index is 12.3. The van der Waals surface area contributed by atoms with Crippen LogP contribution in [-0.2, 0) is 4.79 Å². The Kier molecular flexibility index (Phi) is 5.62. The van der Waals surface area contributed by atoms with E-state index in [0.717, 1.165) is 30.6 Å². The molecule has 1 aliphatic heterocycles. The molecule has 128 valence electrons. The second kappa shape index (κ2) is 7.67. The van der Waals surface area contributed by atoms with Gasteiger partial charge in [0.15, 0.2) is 0 Å². The fourth-order valence-electron chi connectivity index (χ4n) is 2.59. The molecule has 0 saturated heterocycles. The molecule has 2 rings (SSSR count). The van der Waals surface area contributed by atoms with Crippen LogP contribution in [0.5, 0.6) is 0 Å². The van der Waals surface area contributed by atoms with Gasteiger partial charge in [-0.15, -0.1) is 0 Å². The largest absolute Gasteiger partial charge is 0.355 e. The Morgan fingerprint density at radius 3 is 2.62 bits per heavy atom. The fraction of sp³-hybridized carbons (Fsp3) is 0.438. The van der Waals surface area contributed by atoms with Crippen LogP contribution in [0, 0.1) is 10.1 Å². The third-order valence-corrected chi connectivity index (χ3v) is 3.83. The SMILES string of the molecule is CCCCCCNC(=O)CN1C(=O)c2cccc([N+](=O)[O-])c2C1=O. The van der Waals surface area contributed by atoms with Gasteiger partial charge in [0.05, 0.1) is 10.5 Å². The second-order valence-corrected chi connectivity index (χ2v) is 5.56. The van der Waals surface area contributed by atoms with Crippen LogP contribution < -0.4 is 5.32 Å². The van der Waals surface area contributed by atoms with Crippen LogP contribution in [0.4, 0.5) is 5.69 Å². The number of nitrogens with one attached hydrogen (secondary N) is 1. The van der Waals surface area contributed by atoms with Crippen molar-refractivity contribution in [2.75, 3.05) is 13.1 Å². The van der Waals surface area contributed by atoms with E-state index in [1.807, 2.05) is 0 Å². The Hall–Kier alpha value is -2.77. The average molecular weight is 333 g/mol. The first-order valence-electron chi connectivity index (χ1n) is 7.87. The van der Waals surface area contributed by atoms with E-state index in [9.17, 15) is 24.5 Å². The Morgan fingerprint density at radius 1 is 1.21 bits per heavy atom. The quantitative estimate of drug-likeness (QED) is 0.338. The number of nitrogens with zero attached hydrogens (tertiary/aromatic N) is 2. The summed E-state index contributed by atoms with van der Waals surface area (Å²) in [5, 5.41) is 13.7. The lowest BCUT2D eigenvalue weighted by atomic mass is 10.1. The van der Waals surface area contributed by atoms with Gasteiger partial charge in [0, 0.05) is 12.6 Å². The molecule has 8 nitrogen and oxygen atoms in total. The number of nitro benzene ring substituents is 1. The lowest BCUT2D eigenvalue weighted by Gasteiger charge is -2.13. The van der Waals surface area contributed by atoms with Gasteiger partial charge in [-0.3, -0.25) is 29.4 Å². The molecule has 0 fully saturated rings. The molecule has 24 heavy (non-hydrogen) atoms. The van der Waals surface area contributed by atoms with Gasteiger partial charge in [0.2, 0.25) is 5.91 Å². The molecule has 0 spiro atoms. The summed E-state index contributed by atoms with van der Waals surface area (Å²) >= 11 is 0. The van der Waals surface area contributed by atoms with Crippen molar-refractivity contribution in [3.8, 4) is 0 Å². The van der Waals surface area contributed by atoms with Gasteiger partial charge in [-0.25, -0.2) is 0 Å². The predicted molar refractivity (Wildman–Crippen MR) is 85.6 cm³/mol. The summed E-state index contributed by atoms with van der Waals surface area (Å²) < 4.78 is 0. The van der Waals surface area contributed by atoms with E-state index in [0.29, 0.717) is 6.54 Å². The summed E-state index contributed by atoms with van der Waals surface area (Å²) in [6.45, 7) is 2.12. The number of rotatable bonds is 8. The van der Waals surface area contributed by atoms with E-state index in [1.165, 1.54) is 18.2 Å². The normalized spacial score (nSPS) is 13.1. The van der Waals surface area contributed by atoms with Crippen molar-refractivity contribution in [1.29, 1.82) is 0 Å². The van der Waals surface area contributed by atoms with Crippen LogP contribution >= 0.6 is 0 Å². The Labute approximate surface area is 139 Å². The minimum atomic E-state index is -0.802. The number of carbonyl (C=O) groups is 3. The molecule has 1 aromatic carbocycles. The summed E-state index contributed by atoms with van der Waals surface area (Å²) in [5.41, 5.74) is -0.707. The van der Waals surface area contributed by atoms with Crippen molar-refractivity contribution >= 4 is 23.4 Å². The van der Waals surface area contributed by atoms with Crippen LogP contribution in [0.1, 0.15) is 53.3 Å². The number of amides is 3. The Morgan fingerprint density at radius 2 is 1.96 bits per heavy atom. The minimum absolute atomic E-state index is 0.0371. The predicted octanol–water partition coefficient (Wildman–Crippen LogP) is 1.89. The number of carbonyl (C=O) groups excluding carboxylic acids is 3. The number of imide groups is 1. The molecule has 0 atom stereocenters. The highest BCUT2D eigenvalue weighted by Gasteiger charge is 2.41. The highest BCUT2D eigenvalue weighted by molar-refractivity contribution is 6.24. The number of hydrogen-bond acceptors (Lipinski definition) is 5. The average Bonchev–Trinajstić information content (AvgIpc) is 2.79. The number of hydrogen-bond donors (Lipinski definition) is 1. The second-order valence-electron chi connectivity index (χ2n) is 5.56. The number of benzene rings is 1. The molecule has 0 unspecified atom stereocenters. The first-order valence-corrected chi connectivity index (χ1v) is 7.87. The maximum atomic E-state index is 12.3. The van der Waals surface area contributed by atoms with E-state index in [2.05, 4.69) is 12.2 Å². The minimum Gasteiger partial charge on any atom is -0.355 e. The van der Waals surface area contributed by atoms with Crippen molar-refractivity contribution in [3.05, 3.63) is 39.4 Å². The summed E-state index contributed by atoms with van der Waals surface area (Å²) in [6, 6.07) is 3.87. The van der Waals surface area contributed by atoms with Crippen molar-refractivity contribution in [2.45, 2.75) is 32.6 Å². The first-order chi connectivity index (χ1) is 11.5. The molecule has 0 bridgehead atoms. The molecular formula is C16H19N3O5. The molecule has 1 N–H and O–H groups in total. The summed E-state index contributed by atoms with van der Waals surface area (Å²) in [5.74, 6) is -1.94. The van der Waals surface area contributed by atoms with E-state index >= 15 is 0 Å². The molecule has 0 aliphatic carbocycles. The van der Waals surface area contributed by atoms with E-state index in [1.54, 1.807) is 0 Å². The summed E-state index contributed by atoms with van der Waals surface area (Å²) in [4.78, 5) is 47.5. The number of unbranched alkanes of at least 4 members (excludes halogenated alkanes) is 3. The molecule has 0 saturated carbocycles. The molecule has 1 heterocycles. The molecular weight excluding hydrogens is 314 g/mol. The van der Waals surface area contributed by atoms with Gasteiger partial charge in [-0.1, -0.05) is 32.3 Å². The molecule has 0 aromatic heterocycles. The van der Waals surface area contributed by atoms with Gasteiger partial charge in [-0.2, -0.15) is 0 Å². The number of fused-ring (bicyclic) bond motifs is 1. The highest BCUT2D eigenvalue weighted by atomic mass is 16.6. The van der Waals surface area contributed by atoms with Crippen LogP contribution in [0.2, 0.25) is 0 Å². The molecule has 8 heteroatoms. The molecule has 1 aliphatic rings. The monoisotopic (exact) mass is 333 g/mol. The molecule has 1 aromatic rings. The lowest BCUT2D eigenvalue weighted by molar-refractivity contribution is -0.385. The Bertz CT molecular complexity index is 686. The Balaban J connectivity index is 2.02. The van der Waals surface area contributed by atoms with E-state index in [4.69, 9.17) is 0 Å². The first kappa shape index (κ1) is 17.6. The zero-order chi connectivity index (χ0) is 17.7. The van der Waals surface area contributed by atoms with E-state index < -0.39 is 34.9 Å². The zero-order valence-corrected chi connectivity index (χ0v) is 13.4. The smallest absolute Gasteiger partial charge is 0.282 e. The van der Waals surface area contributed by atoms with Gasteiger partial charge in [-0.05, 0) is 12.5 Å². The highest BCUT2D eigenvalue weighted by Crippen LogP contribution is 2.30. The standard InChI is InChI=1S/C16H19N3O5/c1-2-3-4-5-9-17-13(20)10-18-15(21)11-7-6-8-12(19(23)24)14(11)16(18)22/h6-8H,2-5,9-10H2,1H3,(H,17,20). The fourth-order valence-corrected chi connectivity index (χ4v) is 2.59. The van der Waals surface area contributed by atoms with Crippen LogP contribution in [0.25, 0.3) is 0 Å². The summed E-state index contributed by atoms with van der Waals surface area (Å²) in [7, 11) is 0. The van der Waals surface area contributed by atoms with Gasteiger partial charge < -0.3 is 5.32 Å². The van der Waals surface area contributed by atoms with Gasteiger partial charge >= 0.3 is 0 Å². The zero-order valence-electron chi connectivity index (χ0n) is 13.4. The van der Waals surface area contributed by atoms with Crippen molar-refractivity contribution in [1.82, 2.24) is 10.2 Å². The van der Waals surface area contributed by atoms with E-state index in [-0.39, 0.29) is 11.1 Å². The van der Waals surface area contributed by atoms with Crippen LogP contribution in [-0.4, -0.2) is 40.6 Å². The van der Waals surface area contributed by atoms with Crippen molar-refractivity contribution < 1.29 is 19.3 Å². The van der Waals surface area contributed by atoms with Gasteiger partial charge in [0.25, 0.3) is 17.5 Å². The van der Waals surface area contributed by atoms with Crippen molar-refractivity contribution in [3.63, 3.8) is 0 Å². The topological polar surface area (TPSA) is 110 Å².